The first-order chi connectivity index (χ1) is 9.29. The maximum Gasteiger partial charge on any atom is 0.318 e. The van der Waals surface area contributed by atoms with Gasteiger partial charge in [-0.25, -0.2) is 0 Å². The minimum absolute atomic E-state index is 0.160. The number of piperidine rings is 1. The van der Waals surface area contributed by atoms with Crippen molar-refractivity contribution in [3.8, 4) is 0 Å². The van der Waals surface area contributed by atoms with Crippen LogP contribution in [0.1, 0.15) is 44.4 Å². The topological polar surface area (TPSA) is 74.4 Å². The van der Waals surface area contributed by atoms with Gasteiger partial charge in [0.2, 0.25) is 5.89 Å². The highest BCUT2D eigenvalue weighted by Gasteiger charge is 2.42. The average Bonchev–Trinajstić information content (AvgIpc) is 3.04. The molecule has 0 aromatic carbocycles. The molecule has 3 aliphatic rings. The van der Waals surface area contributed by atoms with Crippen molar-refractivity contribution < 1.29 is 9.52 Å². The van der Waals surface area contributed by atoms with Crippen molar-refractivity contribution in [2.45, 2.75) is 69.3 Å². The van der Waals surface area contributed by atoms with E-state index in [1.54, 1.807) is 0 Å². The lowest BCUT2D eigenvalue weighted by atomic mass is 10.0. The fraction of sp³-hybridized carbons (Fsp3) is 0.846. The van der Waals surface area contributed by atoms with Crippen molar-refractivity contribution in [1.82, 2.24) is 15.5 Å². The number of fused-ring (bicyclic) bond motifs is 2. The van der Waals surface area contributed by atoms with Gasteiger partial charge in [0.05, 0.1) is 12.6 Å². The van der Waals surface area contributed by atoms with Crippen molar-refractivity contribution in [2.75, 3.05) is 4.90 Å². The van der Waals surface area contributed by atoms with Crippen LogP contribution in [0.5, 0.6) is 0 Å². The predicted octanol–water partition coefficient (Wildman–Crippen LogP) is 0.814. The normalized spacial score (nSPS) is 33.9. The summed E-state index contributed by atoms with van der Waals surface area (Å²) in [5, 5.41) is 21.5. The number of hydrogen-bond donors (Lipinski definition) is 2. The zero-order valence-corrected chi connectivity index (χ0v) is 11.0. The van der Waals surface area contributed by atoms with E-state index in [1.807, 2.05) is 0 Å². The number of nitrogens with one attached hydrogen (secondary N) is 1. The second-order valence-corrected chi connectivity index (χ2v) is 6.05. The summed E-state index contributed by atoms with van der Waals surface area (Å²) in [6, 6.07) is 2.04. The van der Waals surface area contributed by atoms with Crippen molar-refractivity contribution in [1.29, 1.82) is 0 Å². The minimum atomic E-state index is -0.160. The lowest BCUT2D eigenvalue weighted by Crippen LogP contribution is -2.45. The Bertz CT molecular complexity index is 445. The molecule has 2 bridgehead atoms. The Hall–Kier alpha value is -1.14. The molecule has 2 aliphatic heterocycles. The number of hydrogen-bond acceptors (Lipinski definition) is 6. The molecule has 0 radical (unpaired) electrons. The van der Waals surface area contributed by atoms with Gasteiger partial charge in [0, 0.05) is 18.1 Å². The highest BCUT2D eigenvalue weighted by atomic mass is 16.4. The van der Waals surface area contributed by atoms with E-state index in [1.165, 1.54) is 12.8 Å². The Balaban J connectivity index is 1.46. The molecule has 3 fully saturated rings. The Labute approximate surface area is 112 Å². The van der Waals surface area contributed by atoms with E-state index < -0.39 is 0 Å². The number of rotatable bonds is 4. The Morgan fingerprint density at radius 1 is 1.16 bits per heavy atom. The summed E-state index contributed by atoms with van der Waals surface area (Å²) >= 11 is 0. The smallest absolute Gasteiger partial charge is 0.318 e. The van der Waals surface area contributed by atoms with Gasteiger partial charge >= 0.3 is 6.01 Å². The summed E-state index contributed by atoms with van der Waals surface area (Å²) in [5.74, 6) is 0.674. The molecule has 1 aliphatic carbocycles. The van der Waals surface area contributed by atoms with Crippen LogP contribution in [0.25, 0.3) is 0 Å². The molecule has 0 spiro atoms. The van der Waals surface area contributed by atoms with Gasteiger partial charge in [0.1, 0.15) is 0 Å². The molecule has 2 saturated heterocycles. The van der Waals surface area contributed by atoms with E-state index in [0.717, 1.165) is 25.7 Å². The second-order valence-electron chi connectivity index (χ2n) is 6.05. The molecule has 1 saturated carbocycles. The maximum absolute atomic E-state index is 9.81. The number of anilines is 1. The Morgan fingerprint density at radius 2 is 1.89 bits per heavy atom. The monoisotopic (exact) mass is 264 g/mol. The van der Waals surface area contributed by atoms with Crippen LogP contribution >= 0.6 is 0 Å². The highest BCUT2D eigenvalue weighted by molar-refractivity contribution is 5.33. The van der Waals surface area contributed by atoms with Gasteiger partial charge in [0.15, 0.2) is 0 Å². The van der Waals surface area contributed by atoms with Crippen LogP contribution in [0, 0.1) is 0 Å². The van der Waals surface area contributed by atoms with Crippen LogP contribution in [0.15, 0.2) is 4.42 Å². The molecule has 2 atom stereocenters. The average molecular weight is 264 g/mol. The van der Waals surface area contributed by atoms with Gasteiger partial charge in [-0.15, -0.1) is 5.10 Å². The van der Waals surface area contributed by atoms with E-state index in [2.05, 4.69) is 20.4 Å². The number of aromatic nitrogens is 2. The van der Waals surface area contributed by atoms with Crippen LogP contribution in [0.4, 0.5) is 6.01 Å². The molecule has 3 heterocycles. The zero-order valence-electron chi connectivity index (χ0n) is 11.0. The van der Waals surface area contributed by atoms with Crippen molar-refractivity contribution in [3.05, 3.63) is 5.89 Å². The van der Waals surface area contributed by atoms with Crippen LogP contribution < -0.4 is 10.2 Å². The molecule has 104 valence electrons. The first kappa shape index (κ1) is 11.7. The number of aliphatic hydroxyl groups is 1. The molecule has 1 aromatic rings. The number of nitrogens with zero attached hydrogens (tertiary/aromatic N) is 3. The van der Waals surface area contributed by atoms with Crippen LogP contribution in [0.3, 0.4) is 0 Å². The molecule has 1 aromatic heterocycles. The van der Waals surface area contributed by atoms with Gasteiger partial charge in [0.25, 0.3) is 0 Å². The third-order valence-electron chi connectivity index (χ3n) is 4.50. The van der Waals surface area contributed by atoms with Gasteiger partial charge in [-0.3, -0.25) is 0 Å². The van der Waals surface area contributed by atoms with E-state index in [0.29, 0.717) is 36.6 Å². The Morgan fingerprint density at radius 3 is 2.58 bits per heavy atom. The molecule has 19 heavy (non-hydrogen) atoms. The lowest BCUT2D eigenvalue weighted by molar-refractivity contribution is 0.124. The first-order valence-electron chi connectivity index (χ1n) is 7.32. The van der Waals surface area contributed by atoms with Gasteiger partial charge < -0.3 is 19.7 Å². The van der Waals surface area contributed by atoms with E-state index in [4.69, 9.17) is 4.42 Å². The van der Waals surface area contributed by atoms with Crippen LogP contribution in [-0.2, 0) is 6.54 Å². The molecular formula is C13H20N4O2. The highest BCUT2D eigenvalue weighted by Crippen LogP contribution is 2.38. The fourth-order valence-electron chi connectivity index (χ4n) is 3.40. The second kappa shape index (κ2) is 4.45. The standard InChI is InChI=1S/C13H20N4O2/c18-11-5-9-3-4-10(6-11)17(9)13-16-15-12(19-13)7-14-8-1-2-8/h8-11,14,18H,1-7H2. The van der Waals surface area contributed by atoms with Gasteiger partial charge in [-0.1, -0.05) is 5.10 Å². The molecule has 4 rings (SSSR count). The molecule has 6 nitrogen and oxygen atoms in total. The van der Waals surface area contributed by atoms with E-state index in [9.17, 15) is 5.11 Å². The van der Waals surface area contributed by atoms with Crippen molar-refractivity contribution in [2.24, 2.45) is 0 Å². The molecule has 2 unspecified atom stereocenters. The van der Waals surface area contributed by atoms with Crippen LogP contribution in [-0.4, -0.2) is 39.5 Å². The minimum Gasteiger partial charge on any atom is -0.407 e. The van der Waals surface area contributed by atoms with E-state index >= 15 is 0 Å². The van der Waals surface area contributed by atoms with Crippen molar-refractivity contribution in [3.63, 3.8) is 0 Å². The van der Waals surface area contributed by atoms with Gasteiger partial charge in [-0.05, 0) is 38.5 Å². The summed E-state index contributed by atoms with van der Waals surface area (Å²) in [5.41, 5.74) is 0. The fourth-order valence-corrected chi connectivity index (χ4v) is 3.40. The summed E-state index contributed by atoms with van der Waals surface area (Å²) in [7, 11) is 0. The molecule has 2 N–H and O–H groups in total. The molecule has 6 heteroatoms. The molecule has 0 amide bonds. The predicted molar refractivity (Wildman–Crippen MR) is 68.7 cm³/mol. The maximum atomic E-state index is 9.81. The summed E-state index contributed by atoms with van der Waals surface area (Å²) < 4.78 is 5.78. The third-order valence-corrected chi connectivity index (χ3v) is 4.50. The van der Waals surface area contributed by atoms with Crippen molar-refractivity contribution >= 4 is 6.01 Å². The van der Waals surface area contributed by atoms with Crippen LogP contribution in [0.2, 0.25) is 0 Å². The number of aliphatic hydroxyl groups excluding tert-OH is 1. The quantitative estimate of drug-likeness (QED) is 0.838. The summed E-state index contributed by atoms with van der Waals surface area (Å²) in [6.45, 7) is 0.670. The van der Waals surface area contributed by atoms with E-state index in [-0.39, 0.29) is 6.10 Å². The summed E-state index contributed by atoms with van der Waals surface area (Å²) in [4.78, 5) is 2.24. The lowest BCUT2D eigenvalue weighted by Gasteiger charge is -2.35. The SMILES string of the molecule is OC1CC2CCC(C1)N2c1nnc(CNC2CC2)o1. The third kappa shape index (κ3) is 2.23. The first-order valence-corrected chi connectivity index (χ1v) is 7.32. The molecular weight excluding hydrogens is 244 g/mol. The summed E-state index contributed by atoms with van der Waals surface area (Å²) in [6.07, 6.45) is 6.26. The Kier molecular flexibility index (Phi) is 2.73. The van der Waals surface area contributed by atoms with Gasteiger partial charge in [-0.2, -0.15) is 0 Å². The largest absolute Gasteiger partial charge is 0.407 e. The zero-order chi connectivity index (χ0) is 12.8.